The van der Waals surface area contributed by atoms with Crippen molar-refractivity contribution >= 4 is 29.2 Å². The number of rotatable bonds is 9. The molecule has 2 amide bonds. The molecule has 2 aromatic carbocycles. The van der Waals surface area contributed by atoms with Crippen LogP contribution in [-0.2, 0) is 11.2 Å². The van der Waals surface area contributed by atoms with Gasteiger partial charge >= 0.3 is 0 Å². The van der Waals surface area contributed by atoms with Gasteiger partial charge in [0.15, 0.2) is 0 Å². The summed E-state index contributed by atoms with van der Waals surface area (Å²) in [5.74, 6) is 0.234. The standard InChI is InChI=1S/C25H26N2O3S/c1-18-9-3-5-13-21(18)24(28)27-22(17-20-12-8-16-31-20)25(29)26-15-7-11-19-10-4-6-14-23(19)30-2/h3-6,8-10,12-14,16-17H,7,11,15H2,1-2H3,(H,26,29)(H,27,28)/b22-17-. The zero-order valence-corrected chi connectivity index (χ0v) is 18.5. The van der Waals surface area contributed by atoms with Crippen LogP contribution in [0.5, 0.6) is 5.75 Å². The second kappa shape index (κ2) is 11.1. The Morgan fingerprint density at radius 2 is 1.81 bits per heavy atom. The highest BCUT2D eigenvalue weighted by Crippen LogP contribution is 2.18. The van der Waals surface area contributed by atoms with Gasteiger partial charge in [0.05, 0.1) is 7.11 Å². The molecule has 6 heteroatoms. The van der Waals surface area contributed by atoms with E-state index in [1.54, 1.807) is 19.3 Å². The maximum atomic E-state index is 12.8. The number of para-hydroxylation sites is 1. The first kappa shape index (κ1) is 22.3. The summed E-state index contributed by atoms with van der Waals surface area (Å²) in [5, 5.41) is 7.63. The molecule has 0 radical (unpaired) electrons. The van der Waals surface area contributed by atoms with Crippen LogP contribution in [0.25, 0.3) is 6.08 Å². The quantitative estimate of drug-likeness (QED) is 0.382. The first-order valence-corrected chi connectivity index (χ1v) is 11.0. The van der Waals surface area contributed by atoms with Crippen LogP contribution in [0, 0.1) is 6.92 Å². The first-order chi connectivity index (χ1) is 15.1. The van der Waals surface area contributed by atoms with Crippen molar-refractivity contribution in [2.75, 3.05) is 13.7 Å². The van der Waals surface area contributed by atoms with Crippen LogP contribution in [0.3, 0.4) is 0 Å². The molecule has 1 heterocycles. The normalized spacial score (nSPS) is 11.1. The second-order valence-corrected chi connectivity index (χ2v) is 7.99. The number of benzene rings is 2. The zero-order chi connectivity index (χ0) is 22.1. The summed E-state index contributed by atoms with van der Waals surface area (Å²) in [7, 11) is 1.65. The lowest BCUT2D eigenvalue weighted by Gasteiger charge is -2.12. The van der Waals surface area contributed by atoms with Crippen LogP contribution in [0.4, 0.5) is 0 Å². The molecular formula is C25H26N2O3S. The van der Waals surface area contributed by atoms with E-state index in [2.05, 4.69) is 10.6 Å². The van der Waals surface area contributed by atoms with Gasteiger partial charge in [0.1, 0.15) is 11.4 Å². The summed E-state index contributed by atoms with van der Waals surface area (Å²) in [6.07, 6.45) is 3.24. The molecule has 0 unspecified atom stereocenters. The molecule has 0 atom stereocenters. The predicted octanol–water partition coefficient (Wildman–Crippen LogP) is 4.59. The van der Waals surface area contributed by atoms with E-state index < -0.39 is 0 Å². The number of nitrogens with one attached hydrogen (secondary N) is 2. The predicted molar refractivity (Wildman–Crippen MR) is 125 cm³/mol. The van der Waals surface area contributed by atoms with E-state index in [1.165, 1.54) is 11.3 Å². The van der Waals surface area contributed by atoms with Gasteiger partial charge in [-0.15, -0.1) is 11.3 Å². The molecule has 0 fully saturated rings. The van der Waals surface area contributed by atoms with Gasteiger partial charge in [-0.25, -0.2) is 0 Å². The Kier molecular flexibility index (Phi) is 8.01. The number of methoxy groups -OCH3 is 1. The fraction of sp³-hybridized carbons (Fsp3) is 0.200. The first-order valence-electron chi connectivity index (χ1n) is 10.1. The van der Waals surface area contributed by atoms with E-state index in [0.29, 0.717) is 12.1 Å². The van der Waals surface area contributed by atoms with Gasteiger partial charge < -0.3 is 15.4 Å². The van der Waals surface area contributed by atoms with E-state index in [-0.39, 0.29) is 17.5 Å². The van der Waals surface area contributed by atoms with Gasteiger partial charge in [0.2, 0.25) is 0 Å². The molecule has 0 saturated carbocycles. The average Bonchev–Trinajstić information content (AvgIpc) is 3.29. The summed E-state index contributed by atoms with van der Waals surface area (Å²) in [5.41, 5.74) is 2.73. The van der Waals surface area contributed by atoms with Gasteiger partial charge in [-0.1, -0.05) is 42.5 Å². The summed E-state index contributed by atoms with van der Waals surface area (Å²) in [6, 6.07) is 19.0. The minimum Gasteiger partial charge on any atom is -0.496 e. The molecule has 1 aromatic heterocycles. The van der Waals surface area contributed by atoms with Crippen molar-refractivity contribution in [1.29, 1.82) is 0 Å². The van der Waals surface area contributed by atoms with Crippen LogP contribution in [0.15, 0.2) is 71.7 Å². The van der Waals surface area contributed by atoms with Crippen molar-refractivity contribution in [3.8, 4) is 5.75 Å². The SMILES string of the molecule is COc1ccccc1CCCNC(=O)/C(=C/c1cccs1)NC(=O)c1ccccc1C. The summed E-state index contributed by atoms with van der Waals surface area (Å²) in [4.78, 5) is 26.5. The Morgan fingerprint density at radius 1 is 1.03 bits per heavy atom. The molecule has 0 saturated heterocycles. The van der Waals surface area contributed by atoms with Crippen LogP contribution in [-0.4, -0.2) is 25.5 Å². The van der Waals surface area contributed by atoms with E-state index in [9.17, 15) is 9.59 Å². The monoisotopic (exact) mass is 434 g/mol. The summed E-state index contributed by atoms with van der Waals surface area (Å²) >= 11 is 1.50. The van der Waals surface area contributed by atoms with Crippen molar-refractivity contribution in [2.45, 2.75) is 19.8 Å². The molecule has 0 aliphatic carbocycles. The molecule has 0 spiro atoms. The van der Waals surface area contributed by atoms with Crippen LogP contribution in [0.2, 0.25) is 0 Å². The van der Waals surface area contributed by atoms with E-state index in [4.69, 9.17) is 4.74 Å². The smallest absolute Gasteiger partial charge is 0.267 e. The summed E-state index contributed by atoms with van der Waals surface area (Å²) in [6.45, 7) is 2.36. The Bertz CT molecular complexity index is 1060. The zero-order valence-electron chi connectivity index (χ0n) is 17.7. The molecule has 0 aliphatic heterocycles. The number of amides is 2. The van der Waals surface area contributed by atoms with Gasteiger partial charge in [-0.3, -0.25) is 9.59 Å². The lowest BCUT2D eigenvalue weighted by Crippen LogP contribution is -2.35. The number of carbonyl (C=O) groups excluding carboxylic acids is 2. The summed E-state index contributed by atoms with van der Waals surface area (Å²) < 4.78 is 5.37. The molecular weight excluding hydrogens is 408 g/mol. The Hall–Kier alpha value is -3.38. The van der Waals surface area contributed by atoms with Crippen molar-refractivity contribution in [3.05, 3.63) is 93.3 Å². The molecule has 0 bridgehead atoms. The highest BCUT2D eigenvalue weighted by molar-refractivity contribution is 7.10. The number of aryl methyl sites for hydroxylation is 2. The molecule has 160 valence electrons. The van der Waals surface area contributed by atoms with E-state index in [0.717, 1.165) is 34.6 Å². The van der Waals surface area contributed by atoms with Gasteiger partial charge in [-0.2, -0.15) is 0 Å². The molecule has 3 aromatic rings. The fourth-order valence-corrected chi connectivity index (χ4v) is 3.83. The third-order valence-electron chi connectivity index (χ3n) is 4.81. The highest BCUT2D eigenvalue weighted by atomic mass is 32.1. The molecule has 2 N–H and O–H groups in total. The largest absolute Gasteiger partial charge is 0.496 e. The van der Waals surface area contributed by atoms with Gasteiger partial charge in [0.25, 0.3) is 11.8 Å². The minimum atomic E-state index is -0.310. The Labute approximate surface area is 186 Å². The molecule has 3 rings (SSSR count). The van der Waals surface area contributed by atoms with Crippen molar-refractivity contribution in [1.82, 2.24) is 10.6 Å². The molecule has 31 heavy (non-hydrogen) atoms. The van der Waals surface area contributed by atoms with E-state index >= 15 is 0 Å². The third-order valence-corrected chi connectivity index (χ3v) is 5.63. The maximum Gasteiger partial charge on any atom is 0.267 e. The maximum absolute atomic E-state index is 12.8. The van der Waals surface area contributed by atoms with E-state index in [1.807, 2.05) is 66.9 Å². The van der Waals surface area contributed by atoms with Crippen molar-refractivity contribution in [3.63, 3.8) is 0 Å². The number of hydrogen-bond acceptors (Lipinski definition) is 4. The topological polar surface area (TPSA) is 67.4 Å². The molecule has 0 aliphatic rings. The fourth-order valence-electron chi connectivity index (χ4n) is 3.18. The number of ether oxygens (including phenoxy) is 1. The van der Waals surface area contributed by atoms with Gasteiger partial charge in [0, 0.05) is 17.0 Å². The molecule has 5 nitrogen and oxygen atoms in total. The average molecular weight is 435 g/mol. The lowest BCUT2D eigenvalue weighted by atomic mass is 10.1. The Balaban J connectivity index is 1.64. The third kappa shape index (κ3) is 6.30. The number of carbonyl (C=O) groups is 2. The van der Waals surface area contributed by atoms with Crippen LogP contribution in [0.1, 0.15) is 32.8 Å². The van der Waals surface area contributed by atoms with Crippen LogP contribution < -0.4 is 15.4 Å². The van der Waals surface area contributed by atoms with Crippen molar-refractivity contribution in [2.24, 2.45) is 0 Å². The number of hydrogen-bond donors (Lipinski definition) is 2. The van der Waals surface area contributed by atoms with Crippen LogP contribution >= 0.6 is 11.3 Å². The Morgan fingerprint density at radius 3 is 2.55 bits per heavy atom. The number of thiophene rings is 1. The lowest BCUT2D eigenvalue weighted by molar-refractivity contribution is -0.117. The second-order valence-electron chi connectivity index (χ2n) is 7.01. The van der Waals surface area contributed by atoms with Gasteiger partial charge in [-0.05, 0) is 60.5 Å². The minimum absolute atomic E-state index is 0.230. The van der Waals surface area contributed by atoms with Crippen molar-refractivity contribution < 1.29 is 14.3 Å². The highest BCUT2D eigenvalue weighted by Gasteiger charge is 2.16.